The fourth-order valence-electron chi connectivity index (χ4n) is 11.9. The van der Waals surface area contributed by atoms with Gasteiger partial charge in [-0.2, -0.15) is 0 Å². The third-order valence-electron chi connectivity index (χ3n) is 15.4. The van der Waals surface area contributed by atoms with Gasteiger partial charge in [-0.3, -0.25) is 34.3 Å². The van der Waals surface area contributed by atoms with E-state index < -0.39 is 25.1 Å². The predicted molar refractivity (Wildman–Crippen MR) is 269 cm³/mol. The molecule has 11 rings (SSSR count). The second-order valence-electron chi connectivity index (χ2n) is 19.7. The molecule has 6 aliphatic rings. The van der Waals surface area contributed by atoms with Crippen molar-refractivity contribution in [3.05, 3.63) is 98.6 Å². The molecule has 70 heavy (non-hydrogen) atoms. The molecule has 0 radical (unpaired) electrons. The largest absolute Gasteiger partial charge is 0.480 e. The predicted octanol–water partition coefficient (Wildman–Crippen LogP) is 6.82. The van der Waals surface area contributed by atoms with Crippen LogP contribution in [0.3, 0.4) is 0 Å². The average Bonchev–Trinajstić information content (AvgIpc) is 3.91. The molecule has 364 valence electrons. The van der Waals surface area contributed by atoms with Gasteiger partial charge in [-0.25, -0.2) is 15.0 Å². The molecule has 1 aliphatic carbocycles. The number of carbonyl (C=O) groups excluding carboxylic acids is 4. The molecular formula is C53H60N10O6S. The Balaban J connectivity index is 0.750. The van der Waals surface area contributed by atoms with Gasteiger partial charge in [-0.15, -0.1) is 11.3 Å². The first-order chi connectivity index (χ1) is 35.1. The van der Waals surface area contributed by atoms with E-state index in [9.17, 15) is 24.3 Å². The van der Waals surface area contributed by atoms with Crippen molar-refractivity contribution in [2.75, 3.05) is 59.8 Å². The van der Waals surface area contributed by atoms with Crippen LogP contribution in [0.25, 0.3) is 11.1 Å². The van der Waals surface area contributed by atoms with Gasteiger partial charge in [0.2, 0.25) is 17.7 Å². The van der Waals surface area contributed by atoms with Crippen LogP contribution in [0, 0.1) is 0 Å². The van der Waals surface area contributed by atoms with E-state index in [1.165, 1.54) is 16.6 Å². The number of rotatable bonds is 10. The normalized spacial score (nSPS) is 24.0. The zero-order valence-electron chi connectivity index (χ0n) is 42.7. The molecule has 0 bridgehead atoms. The van der Waals surface area contributed by atoms with Crippen molar-refractivity contribution < 1.29 is 33.1 Å². The molecule has 1 unspecified atom stereocenters. The van der Waals surface area contributed by atoms with E-state index in [1.807, 2.05) is 30.5 Å². The van der Waals surface area contributed by atoms with E-state index in [4.69, 9.17) is 13.8 Å². The highest BCUT2D eigenvalue weighted by Crippen LogP contribution is 2.42. The number of methoxy groups -OCH3 is 1. The Kier molecular flexibility index (Phi) is 11.4. The van der Waals surface area contributed by atoms with E-state index in [0.717, 1.165) is 98.5 Å². The van der Waals surface area contributed by atoms with Crippen LogP contribution >= 0.6 is 11.3 Å². The second kappa shape index (κ2) is 18.7. The highest BCUT2D eigenvalue weighted by Gasteiger charge is 2.41. The van der Waals surface area contributed by atoms with Crippen LogP contribution in [0.5, 0.6) is 5.88 Å². The van der Waals surface area contributed by atoms with Gasteiger partial charge in [0.15, 0.2) is 0 Å². The maximum Gasteiger partial charge on any atom is 0.269 e. The molecule has 16 nitrogen and oxygen atoms in total. The Morgan fingerprint density at radius 3 is 2.47 bits per heavy atom. The number of nitrogens with one attached hydrogen (secondary N) is 2. The minimum atomic E-state index is -2.78. The van der Waals surface area contributed by atoms with Crippen molar-refractivity contribution in [1.29, 1.82) is 0 Å². The summed E-state index contributed by atoms with van der Waals surface area (Å²) < 4.78 is 29.0. The summed E-state index contributed by atoms with van der Waals surface area (Å²) >= 11 is 1.60. The van der Waals surface area contributed by atoms with E-state index in [0.29, 0.717) is 59.4 Å². The Morgan fingerprint density at radius 1 is 0.843 bits per heavy atom. The topological polar surface area (TPSA) is 177 Å². The first-order valence-corrected chi connectivity index (χ1v) is 25.5. The Hall–Kier alpha value is -6.43. The number of aryl methyl sites for hydroxylation is 1. The number of pyridine rings is 3. The summed E-state index contributed by atoms with van der Waals surface area (Å²) in [7, 11) is -2.78. The maximum absolute atomic E-state index is 14.1. The number of anilines is 5. The fourth-order valence-corrected chi connectivity index (χ4v) is 13.3. The van der Waals surface area contributed by atoms with Gasteiger partial charge in [0.25, 0.3) is 11.8 Å². The van der Waals surface area contributed by atoms with Crippen molar-refractivity contribution in [2.45, 2.75) is 115 Å². The van der Waals surface area contributed by atoms with Gasteiger partial charge in [-0.1, -0.05) is 0 Å². The van der Waals surface area contributed by atoms with Crippen LogP contribution in [0.15, 0.2) is 61.1 Å². The summed E-state index contributed by atoms with van der Waals surface area (Å²) in [4.78, 5) is 78.4. The van der Waals surface area contributed by atoms with Crippen LogP contribution in [0.4, 0.5) is 28.7 Å². The van der Waals surface area contributed by atoms with Crippen LogP contribution in [0.2, 0.25) is 0 Å². The SMILES string of the molecule is [2H]C([2H])([2H])Oc1ncc(-c2ccnc(N3CCc4c(sc5c4CCCC5)C3=O)c2[C@@H](C)O)cc1Nc1ccc(N2CCN(C3CCN(c4ccc5c(c4)CN([C@H]4CCC(=O)NC4=O)C5=O)[C@@H](C)C3)C[C@@H]2C)cn1. The number of imide groups is 1. The quantitative estimate of drug-likeness (QED) is 0.125. The number of aliphatic hydroxyl groups excluding tert-OH is 1. The lowest BCUT2D eigenvalue weighted by atomic mass is 9.91. The molecule has 5 atom stereocenters. The first-order valence-electron chi connectivity index (χ1n) is 26.2. The van der Waals surface area contributed by atoms with Crippen LogP contribution < -0.4 is 30.1 Å². The van der Waals surface area contributed by atoms with Crippen LogP contribution in [-0.4, -0.2) is 117 Å². The highest BCUT2D eigenvalue weighted by atomic mass is 32.1. The number of piperidine rings is 2. The standard InChI is InChI=1S/C53H60N10O6S/c1-30-23-35(16-19-60(30)36-9-11-39-34(24-36)29-63(52(39)67)43-12-14-46(65)58-50(43)66)59-21-22-61(31(2)28-59)37-10-13-45(55-27-37)57-42-25-33(26-56-51(42)69-4)38-15-18-54-49(47(38)32(3)64)62-20-17-41-40-7-5-6-8-44(40)70-48(41)53(62)68/h9-11,13,15,18,24-27,30-32,35,43,64H,5-8,12,14,16-17,19-23,28-29H2,1-4H3,(H,55,57)(H,58,65,66)/t30-,31-,32+,35?,43-/m0/s1/i4D3. The molecular weight excluding hydrogens is 905 g/mol. The number of ether oxygens (including phenoxy) is 1. The van der Waals surface area contributed by atoms with Gasteiger partial charge < -0.3 is 29.9 Å². The van der Waals surface area contributed by atoms with Crippen molar-refractivity contribution in [3.8, 4) is 17.0 Å². The number of piperazine rings is 1. The molecule has 17 heteroatoms. The lowest BCUT2D eigenvalue weighted by molar-refractivity contribution is -0.136. The van der Waals surface area contributed by atoms with Crippen molar-refractivity contribution in [3.63, 3.8) is 0 Å². The number of carbonyl (C=O) groups is 4. The molecule has 9 heterocycles. The number of amides is 4. The number of benzene rings is 1. The highest BCUT2D eigenvalue weighted by molar-refractivity contribution is 7.14. The summed E-state index contributed by atoms with van der Waals surface area (Å²) in [5.41, 5.74) is 7.95. The fraction of sp³-hybridized carbons (Fsp3) is 0.453. The van der Waals surface area contributed by atoms with Crippen molar-refractivity contribution in [2.24, 2.45) is 0 Å². The van der Waals surface area contributed by atoms with Gasteiger partial charge >= 0.3 is 0 Å². The summed E-state index contributed by atoms with van der Waals surface area (Å²) in [6.45, 7) is 10.4. The van der Waals surface area contributed by atoms with E-state index >= 15 is 0 Å². The third kappa shape index (κ3) is 8.34. The Bertz CT molecular complexity index is 3000. The smallest absolute Gasteiger partial charge is 0.269 e. The molecule has 5 aromatic rings. The Morgan fingerprint density at radius 2 is 1.69 bits per heavy atom. The lowest BCUT2D eigenvalue weighted by Gasteiger charge is -2.48. The van der Waals surface area contributed by atoms with Gasteiger partial charge in [0.05, 0.1) is 34.0 Å². The monoisotopic (exact) mass is 967 g/mol. The molecule has 3 N–H and O–H groups in total. The number of hydrogen-bond acceptors (Lipinski definition) is 14. The molecule has 1 aromatic carbocycles. The summed E-state index contributed by atoms with van der Waals surface area (Å²) in [5, 5.41) is 17.0. The minimum absolute atomic E-state index is 0.107. The van der Waals surface area contributed by atoms with E-state index in [-0.39, 0.29) is 47.8 Å². The molecule has 4 aromatic heterocycles. The number of aliphatic hydroxyl groups is 1. The zero-order valence-corrected chi connectivity index (χ0v) is 40.6. The maximum atomic E-state index is 14.1. The first kappa shape index (κ1) is 42.4. The molecule has 0 saturated carbocycles. The molecule has 3 fully saturated rings. The minimum Gasteiger partial charge on any atom is -0.480 e. The second-order valence-corrected chi connectivity index (χ2v) is 20.8. The average molecular weight is 968 g/mol. The Labute approximate surface area is 416 Å². The molecule has 0 spiro atoms. The van der Waals surface area contributed by atoms with Gasteiger partial charge in [-0.05, 0) is 137 Å². The molecule has 5 aliphatic heterocycles. The van der Waals surface area contributed by atoms with Gasteiger partial charge in [0, 0.05) is 103 Å². The number of nitrogens with zero attached hydrogens (tertiary/aromatic N) is 8. The van der Waals surface area contributed by atoms with E-state index in [1.54, 1.807) is 46.4 Å². The van der Waals surface area contributed by atoms with E-state index in [2.05, 4.69) is 55.2 Å². The number of aromatic nitrogens is 3. The van der Waals surface area contributed by atoms with Crippen LogP contribution in [-0.2, 0) is 35.4 Å². The number of thiophene rings is 1. The van der Waals surface area contributed by atoms with Gasteiger partial charge in [0.1, 0.15) is 23.4 Å². The summed E-state index contributed by atoms with van der Waals surface area (Å²) in [6.07, 6.45) is 11.5. The van der Waals surface area contributed by atoms with Crippen molar-refractivity contribution in [1.82, 2.24) is 30.1 Å². The zero-order chi connectivity index (χ0) is 50.9. The van der Waals surface area contributed by atoms with Crippen molar-refractivity contribution >= 4 is 63.7 Å². The number of hydrogen-bond donors (Lipinski definition) is 3. The van der Waals surface area contributed by atoms with Crippen LogP contribution in [0.1, 0.15) is 117 Å². The molecule has 3 saturated heterocycles. The molecule has 4 amide bonds. The number of fused-ring (bicyclic) bond motifs is 4. The summed E-state index contributed by atoms with van der Waals surface area (Å²) in [6, 6.07) is 13.6. The summed E-state index contributed by atoms with van der Waals surface area (Å²) in [5.74, 6) is -0.282. The lowest BCUT2D eigenvalue weighted by Crippen LogP contribution is -2.58. The third-order valence-corrected chi connectivity index (χ3v) is 16.7.